The van der Waals surface area contributed by atoms with Gasteiger partial charge < -0.3 is 9.84 Å². The van der Waals surface area contributed by atoms with Gasteiger partial charge in [-0.1, -0.05) is 30.3 Å². The summed E-state index contributed by atoms with van der Waals surface area (Å²) in [6, 6.07) is 19.1. The lowest BCUT2D eigenvalue weighted by molar-refractivity contribution is -0.145. The monoisotopic (exact) mass is 351 g/mol. The average Bonchev–Trinajstić information content (AvgIpc) is 2.67. The molecule has 4 nitrogen and oxygen atoms in total. The fourth-order valence-electron chi connectivity index (χ4n) is 2.58. The van der Waals surface area contributed by atoms with Gasteiger partial charge in [-0.3, -0.25) is 4.98 Å². The lowest BCUT2D eigenvalue weighted by Gasteiger charge is -2.15. The molecule has 26 heavy (non-hydrogen) atoms. The summed E-state index contributed by atoms with van der Waals surface area (Å²) in [5, 5.41) is 9.39. The standard InChI is InChI=1S/C21H18FNO3/c22-17-9-7-16(8-10-17)19-12-11-18(14-23-19)26-20(21(24)25)13-6-15-4-2-1-3-5-15/h1-5,7-12,14,20H,6,13H2,(H,24,25). The fourth-order valence-corrected chi connectivity index (χ4v) is 2.58. The van der Waals surface area contributed by atoms with Crippen LogP contribution in [0.4, 0.5) is 4.39 Å². The van der Waals surface area contributed by atoms with Gasteiger partial charge in [0, 0.05) is 5.56 Å². The molecule has 0 radical (unpaired) electrons. The number of nitrogens with zero attached hydrogens (tertiary/aromatic N) is 1. The second-order valence-electron chi connectivity index (χ2n) is 5.86. The van der Waals surface area contributed by atoms with Crippen molar-refractivity contribution in [2.24, 2.45) is 0 Å². The van der Waals surface area contributed by atoms with Crippen molar-refractivity contribution in [2.75, 3.05) is 0 Å². The van der Waals surface area contributed by atoms with E-state index in [1.54, 1.807) is 24.3 Å². The number of pyridine rings is 1. The Morgan fingerprint density at radius 2 is 1.77 bits per heavy atom. The minimum atomic E-state index is -1.01. The topological polar surface area (TPSA) is 59.4 Å². The molecule has 0 amide bonds. The number of carboxylic acids is 1. The Labute approximate surface area is 150 Å². The van der Waals surface area contributed by atoms with Gasteiger partial charge in [0.15, 0.2) is 6.10 Å². The number of hydrogen-bond donors (Lipinski definition) is 1. The van der Waals surface area contributed by atoms with Gasteiger partial charge in [-0.2, -0.15) is 0 Å². The molecule has 1 heterocycles. The Hall–Kier alpha value is -3.21. The zero-order chi connectivity index (χ0) is 18.4. The van der Waals surface area contributed by atoms with E-state index in [1.165, 1.54) is 18.3 Å². The Morgan fingerprint density at radius 1 is 1.04 bits per heavy atom. The van der Waals surface area contributed by atoms with Crippen molar-refractivity contribution in [1.82, 2.24) is 4.98 Å². The quantitative estimate of drug-likeness (QED) is 0.687. The van der Waals surface area contributed by atoms with Crippen LogP contribution in [0.1, 0.15) is 12.0 Å². The molecule has 3 rings (SSSR count). The van der Waals surface area contributed by atoms with Crippen molar-refractivity contribution >= 4 is 5.97 Å². The van der Waals surface area contributed by atoms with E-state index < -0.39 is 12.1 Å². The summed E-state index contributed by atoms with van der Waals surface area (Å²) in [4.78, 5) is 15.7. The van der Waals surface area contributed by atoms with Crippen LogP contribution >= 0.6 is 0 Å². The number of benzene rings is 2. The largest absolute Gasteiger partial charge is 0.479 e. The summed E-state index contributed by atoms with van der Waals surface area (Å²) < 4.78 is 18.6. The molecule has 0 spiro atoms. The first kappa shape index (κ1) is 17.6. The highest BCUT2D eigenvalue weighted by Crippen LogP contribution is 2.21. The van der Waals surface area contributed by atoms with Crippen molar-refractivity contribution in [3.05, 3.63) is 84.3 Å². The molecule has 2 aromatic carbocycles. The van der Waals surface area contributed by atoms with Gasteiger partial charge >= 0.3 is 5.97 Å². The summed E-state index contributed by atoms with van der Waals surface area (Å²) in [5.74, 6) is -0.934. The molecule has 1 atom stereocenters. The number of hydrogen-bond acceptors (Lipinski definition) is 3. The number of aromatic nitrogens is 1. The maximum Gasteiger partial charge on any atom is 0.344 e. The van der Waals surface area contributed by atoms with Crippen molar-refractivity contribution in [3.63, 3.8) is 0 Å². The predicted molar refractivity (Wildman–Crippen MR) is 96.4 cm³/mol. The van der Waals surface area contributed by atoms with Crippen LogP contribution in [0.25, 0.3) is 11.3 Å². The van der Waals surface area contributed by atoms with Crippen LogP contribution in [0, 0.1) is 5.82 Å². The van der Waals surface area contributed by atoms with Crippen LogP contribution in [0.5, 0.6) is 5.75 Å². The molecule has 1 aromatic heterocycles. The molecular formula is C21H18FNO3. The van der Waals surface area contributed by atoms with Gasteiger partial charge in [-0.05, 0) is 54.8 Å². The second-order valence-corrected chi connectivity index (χ2v) is 5.86. The number of aliphatic carboxylic acids is 1. The number of carboxylic acid groups (broad SMARTS) is 1. The molecule has 0 saturated carbocycles. The molecule has 3 aromatic rings. The lowest BCUT2D eigenvalue weighted by Crippen LogP contribution is -2.27. The maximum atomic E-state index is 13.0. The highest BCUT2D eigenvalue weighted by Gasteiger charge is 2.19. The number of aryl methyl sites for hydroxylation is 1. The fraction of sp³-hybridized carbons (Fsp3) is 0.143. The van der Waals surface area contributed by atoms with Gasteiger partial charge in [0.25, 0.3) is 0 Å². The molecule has 5 heteroatoms. The minimum absolute atomic E-state index is 0.309. The Balaban J connectivity index is 1.65. The highest BCUT2D eigenvalue weighted by molar-refractivity contribution is 5.72. The highest BCUT2D eigenvalue weighted by atomic mass is 19.1. The van der Waals surface area contributed by atoms with E-state index in [1.807, 2.05) is 30.3 Å². The van der Waals surface area contributed by atoms with Gasteiger partial charge in [-0.15, -0.1) is 0 Å². The van der Waals surface area contributed by atoms with Crippen LogP contribution in [-0.4, -0.2) is 22.2 Å². The van der Waals surface area contributed by atoms with Crippen LogP contribution < -0.4 is 4.74 Å². The SMILES string of the molecule is O=C(O)C(CCc1ccccc1)Oc1ccc(-c2ccc(F)cc2)nc1. The molecule has 0 aliphatic carbocycles. The van der Waals surface area contributed by atoms with Gasteiger partial charge in [0.2, 0.25) is 0 Å². The molecule has 132 valence electrons. The van der Waals surface area contributed by atoms with Crippen LogP contribution in [0.2, 0.25) is 0 Å². The summed E-state index contributed by atoms with van der Waals surface area (Å²) >= 11 is 0. The normalized spacial score (nSPS) is 11.7. The number of carbonyl (C=O) groups is 1. The van der Waals surface area contributed by atoms with Crippen LogP contribution in [-0.2, 0) is 11.2 Å². The van der Waals surface area contributed by atoms with E-state index in [-0.39, 0.29) is 5.82 Å². The molecule has 0 aliphatic heterocycles. The third kappa shape index (κ3) is 4.66. The van der Waals surface area contributed by atoms with E-state index in [2.05, 4.69) is 4.98 Å². The maximum absolute atomic E-state index is 13.0. The van der Waals surface area contributed by atoms with Crippen molar-refractivity contribution < 1.29 is 19.0 Å². The average molecular weight is 351 g/mol. The molecule has 0 saturated heterocycles. The number of halogens is 1. The van der Waals surface area contributed by atoms with Gasteiger partial charge in [0.1, 0.15) is 11.6 Å². The zero-order valence-electron chi connectivity index (χ0n) is 14.0. The first-order valence-electron chi connectivity index (χ1n) is 8.27. The van der Waals surface area contributed by atoms with Crippen molar-refractivity contribution in [1.29, 1.82) is 0 Å². The molecule has 0 bridgehead atoms. The Morgan fingerprint density at radius 3 is 2.38 bits per heavy atom. The minimum Gasteiger partial charge on any atom is -0.479 e. The van der Waals surface area contributed by atoms with E-state index in [4.69, 9.17) is 4.74 Å². The third-order valence-electron chi connectivity index (χ3n) is 3.97. The van der Waals surface area contributed by atoms with E-state index in [0.29, 0.717) is 24.3 Å². The lowest BCUT2D eigenvalue weighted by atomic mass is 10.1. The van der Waals surface area contributed by atoms with Gasteiger partial charge in [0.05, 0.1) is 11.9 Å². The summed E-state index contributed by atoms with van der Waals surface area (Å²) in [7, 11) is 0. The molecular weight excluding hydrogens is 333 g/mol. The summed E-state index contributed by atoms with van der Waals surface area (Å²) in [6.07, 6.45) is 1.50. The van der Waals surface area contributed by atoms with Crippen molar-refractivity contribution in [3.8, 4) is 17.0 Å². The van der Waals surface area contributed by atoms with Crippen LogP contribution in [0.15, 0.2) is 72.9 Å². The van der Waals surface area contributed by atoms with E-state index in [9.17, 15) is 14.3 Å². The zero-order valence-corrected chi connectivity index (χ0v) is 14.0. The summed E-state index contributed by atoms with van der Waals surface area (Å²) in [5.41, 5.74) is 2.50. The van der Waals surface area contributed by atoms with Crippen LogP contribution in [0.3, 0.4) is 0 Å². The van der Waals surface area contributed by atoms with E-state index >= 15 is 0 Å². The Bertz CT molecular complexity index is 849. The molecule has 1 unspecified atom stereocenters. The number of rotatable bonds is 7. The first-order valence-corrected chi connectivity index (χ1v) is 8.27. The molecule has 1 N–H and O–H groups in total. The van der Waals surface area contributed by atoms with E-state index in [0.717, 1.165) is 11.1 Å². The third-order valence-corrected chi connectivity index (χ3v) is 3.97. The molecule has 0 fully saturated rings. The Kier molecular flexibility index (Phi) is 5.59. The predicted octanol–water partition coefficient (Wildman–Crippen LogP) is 4.35. The second kappa shape index (κ2) is 8.25. The van der Waals surface area contributed by atoms with Crippen molar-refractivity contribution in [2.45, 2.75) is 18.9 Å². The smallest absolute Gasteiger partial charge is 0.344 e. The first-order chi connectivity index (χ1) is 12.6. The van der Waals surface area contributed by atoms with Gasteiger partial charge in [-0.25, -0.2) is 9.18 Å². The number of ether oxygens (including phenoxy) is 1. The molecule has 0 aliphatic rings. The summed E-state index contributed by atoms with van der Waals surface area (Å²) in [6.45, 7) is 0.